The van der Waals surface area contributed by atoms with Gasteiger partial charge in [0.1, 0.15) is 5.69 Å². The van der Waals surface area contributed by atoms with Gasteiger partial charge in [-0.2, -0.15) is 13.2 Å². The maximum Gasteiger partial charge on any atom is 0.433 e. The molecule has 6 heteroatoms. The van der Waals surface area contributed by atoms with Gasteiger partial charge in [-0.15, -0.1) is 0 Å². The SMILES string of the molecule is CC(C)(C)c1nc(C(F)(F)F)cc(C#Cc2ccccc2)c1OCC[Si](C)(C)C. The van der Waals surface area contributed by atoms with Crippen LogP contribution < -0.4 is 4.74 Å². The molecule has 0 unspecified atom stereocenters. The molecular formula is C23H28F3NOSi. The molecule has 0 bridgehead atoms. The fourth-order valence-corrected chi connectivity index (χ4v) is 3.26. The van der Waals surface area contributed by atoms with E-state index >= 15 is 0 Å². The molecule has 0 fully saturated rings. The van der Waals surface area contributed by atoms with Crippen LogP contribution in [-0.4, -0.2) is 19.7 Å². The monoisotopic (exact) mass is 419 g/mol. The van der Waals surface area contributed by atoms with E-state index in [1.54, 1.807) is 0 Å². The van der Waals surface area contributed by atoms with Crippen molar-refractivity contribution >= 4 is 8.07 Å². The number of nitrogens with zero attached hydrogens (tertiary/aromatic N) is 1. The van der Waals surface area contributed by atoms with Crippen LogP contribution in [-0.2, 0) is 11.6 Å². The average Bonchev–Trinajstić information content (AvgIpc) is 2.58. The predicted octanol–water partition coefficient (Wildman–Crippen LogP) is 6.51. The van der Waals surface area contributed by atoms with Gasteiger partial charge in [-0.1, -0.05) is 70.5 Å². The van der Waals surface area contributed by atoms with Crippen molar-refractivity contribution in [3.05, 3.63) is 58.9 Å². The number of hydrogen-bond donors (Lipinski definition) is 0. The van der Waals surface area contributed by atoms with E-state index in [4.69, 9.17) is 4.74 Å². The normalized spacial score (nSPS) is 12.3. The highest BCUT2D eigenvalue weighted by molar-refractivity contribution is 6.76. The van der Waals surface area contributed by atoms with Crippen molar-refractivity contribution in [2.24, 2.45) is 0 Å². The number of pyridine rings is 1. The first-order valence-corrected chi connectivity index (χ1v) is 13.3. The summed E-state index contributed by atoms with van der Waals surface area (Å²) < 4.78 is 46.5. The van der Waals surface area contributed by atoms with Crippen LogP contribution in [0.2, 0.25) is 25.7 Å². The molecule has 0 amide bonds. The summed E-state index contributed by atoms with van der Waals surface area (Å²) in [4.78, 5) is 3.94. The number of halogens is 3. The Kier molecular flexibility index (Phi) is 6.84. The summed E-state index contributed by atoms with van der Waals surface area (Å²) in [5, 5.41) is 0. The van der Waals surface area contributed by atoms with Gasteiger partial charge in [0.05, 0.1) is 17.9 Å². The van der Waals surface area contributed by atoms with E-state index in [9.17, 15) is 13.2 Å². The maximum atomic E-state index is 13.5. The first-order chi connectivity index (χ1) is 13.3. The van der Waals surface area contributed by atoms with Gasteiger partial charge in [0.15, 0.2) is 5.75 Å². The standard InChI is InChI=1S/C23H28F3NOSi/c1-22(2,3)21-20(28-14-15-29(4,5)6)18(16-19(27-21)23(24,25)26)13-12-17-10-8-7-9-11-17/h7-11,16H,14-15H2,1-6H3. The highest BCUT2D eigenvalue weighted by atomic mass is 28.3. The zero-order valence-corrected chi connectivity index (χ0v) is 18.9. The number of aromatic nitrogens is 1. The van der Waals surface area contributed by atoms with Gasteiger partial charge in [-0.05, 0) is 24.2 Å². The Labute approximate surface area is 172 Å². The van der Waals surface area contributed by atoms with Crippen LogP contribution in [0.25, 0.3) is 0 Å². The molecule has 2 rings (SSSR count). The third kappa shape index (κ3) is 6.93. The Morgan fingerprint density at radius 2 is 1.62 bits per heavy atom. The molecule has 1 heterocycles. The highest BCUT2D eigenvalue weighted by Gasteiger charge is 2.36. The topological polar surface area (TPSA) is 22.1 Å². The second kappa shape index (κ2) is 8.62. The van der Waals surface area contributed by atoms with Crippen LogP contribution in [0.1, 0.15) is 43.3 Å². The van der Waals surface area contributed by atoms with Gasteiger partial charge < -0.3 is 4.74 Å². The number of ether oxygens (including phenoxy) is 1. The zero-order chi connectivity index (χ0) is 21.9. The summed E-state index contributed by atoms with van der Waals surface area (Å²) in [5.41, 5.74) is -0.351. The molecule has 0 spiro atoms. The largest absolute Gasteiger partial charge is 0.491 e. The molecule has 0 aliphatic carbocycles. The van der Waals surface area contributed by atoms with Gasteiger partial charge in [0.25, 0.3) is 0 Å². The van der Waals surface area contributed by atoms with Crippen molar-refractivity contribution in [1.82, 2.24) is 4.98 Å². The minimum absolute atomic E-state index is 0.219. The molecule has 0 atom stereocenters. The fraction of sp³-hybridized carbons (Fsp3) is 0.435. The first-order valence-electron chi connectivity index (χ1n) is 9.60. The van der Waals surface area contributed by atoms with E-state index in [1.165, 1.54) is 0 Å². The van der Waals surface area contributed by atoms with Gasteiger partial charge in [0.2, 0.25) is 0 Å². The van der Waals surface area contributed by atoms with Crippen LogP contribution in [0.15, 0.2) is 36.4 Å². The summed E-state index contributed by atoms with van der Waals surface area (Å²) in [6.07, 6.45) is -4.56. The van der Waals surface area contributed by atoms with Gasteiger partial charge in [0, 0.05) is 19.1 Å². The average molecular weight is 420 g/mol. The van der Waals surface area contributed by atoms with E-state index in [2.05, 4.69) is 36.5 Å². The second-order valence-electron chi connectivity index (χ2n) is 9.26. The molecule has 0 aliphatic rings. The Balaban J connectivity index is 2.61. The summed E-state index contributed by atoms with van der Waals surface area (Å²) in [6.45, 7) is 12.6. The van der Waals surface area contributed by atoms with Gasteiger partial charge >= 0.3 is 6.18 Å². The molecule has 29 heavy (non-hydrogen) atoms. The molecule has 0 saturated heterocycles. The van der Waals surface area contributed by atoms with E-state index in [0.717, 1.165) is 17.7 Å². The van der Waals surface area contributed by atoms with Crippen molar-refractivity contribution in [1.29, 1.82) is 0 Å². The van der Waals surface area contributed by atoms with E-state index < -0.39 is 25.4 Å². The molecule has 0 saturated carbocycles. The molecule has 156 valence electrons. The van der Waals surface area contributed by atoms with E-state index in [1.807, 2.05) is 51.1 Å². The first kappa shape index (κ1) is 23.0. The Bertz CT molecular complexity index is 898. The number of rotatable bonds is 4. The molecule has 0 radical (unpaired) electrons. The zero-order valence-electron chi connectivity index (χ0n) is 17.9. The molecule has 1 aromatic carbocycles. The van der Waals surface area contributed by atoms with Crippen LogP contribution in [0.3, 0.4) is 0 Å². The van der Waals surface area contributed by atoms with Crippen LogP contribution in [0.5, 0.6) is 5.75 Å². The van der Waals surface area contributed by atoms with Gasteiger partial charge in [-0.25, -0.2) is 4.98 Å². The molecule has 0 N–H and O–H groups in total. The number of hydrogen-bond acceptors (Lipinski definition) is 2. The van der Waals surface area contributed by atoms with Crippen LogP contribution in [0, 0.1) is 11.8 Å². The van der Waals surface area contributed by atoms with Crippen molar-refractivity contribution in [3.63, 3.8) is 0 Å². The highest BCUT2D eigenvalue weighted by Crippen LogP contribution is 2.37. The lowest BCUT2D eigenvalue weighted by molar-refractivity contribution is -0.141. The minimum atomic E-state index is -4.56. The van der Waals surface area contributed by atoms with Crippen molar-refractivity contribution in [2.45, 2.75) is 58.0 Å². The van der Waals surface area contributed by atoms with Crippen molar-refractivity contribution in [3.8, 4) is 17.6 Å². The summed E-state index contributed by atoms with van der Waals surface area (Å²) in [7, 11) is -1.37. The molecule has 2 aromatic rings. The molecule has 1 aromatic heterocycles. The lowest BCUT2D eigenvalue weighted by Gasteiger charge is -2.25. The Hall–Kier alpha value is -2.26. The van der Waals surface area contributed by atoms with E-state index in [0.29, 0.717) is 12.4 Å². The Morgan fingerprint density at radius 1 is 1.00 bits per heavy atom. The van der Waals surface area contributed by atoms with Crippen LogP contribution >= 0.6 is 0 Å². The summed E-state index contributed by atoms with van der Waals surface area (Å²) in [6, 6.07) is 11.1. The molecule has 0 aliphatic heterocycles. The Morgan fingerprint density at radius 3 is 2.14 bits per heavy atom. The van der Waals surface area contributed by atoms with Crippen molar-refractivity contribution < 1.29 is 17.9 Å². The number of benzene rings is 1. The third-order valence-electron chi connectivity index (χ3n) is 4.19. The summed E-state index contributed by atoms with van der Waals surface area (Å²) in [5.74, 6) is 6.20. The minimum Gasteiger partial charge on any atom is -0.491 e. The van der Waals surface area contributed by atoms with Crippen LogP contribution in [0.4, 0.5) is 13.2 Å². The fourth-order valence-electron chi connectivity index (χ4n) is 2.55. The predicted molar refractivity (Wildman–Crippen MR) is 114 cm³/mol. The smallest absolute Gasteiger partial charge is 0.433 e. The quantitative estimate of drug-likeness (QED) is 0.416. The second-order valence-corrected chi connectivity index (χ2v) is 14.9. The third-order valence-corrected chi connectivity index (χ3v) is 5.89. The lowest BCUT2D eigenvalue weighted by Crippen LogP contribution is -2.24. The lowest BCUT2D eigenvalue weighted by atomic mass is 9.89. The van der Waals surface area contributed by atoms with E-state index in [-0.39, 0.29) is 11.3 Å². The molecular weight excluding hydrogens is 391 g/mol. The summed E-state index contributed by atoms with van der Waals surface area (Å²) >= 11 is 0. The maximum absolute atomic E-state index is 13.5. The van der Waals surface area contributed by atoms with Gasteiger partial charge in [-0.3, -0.25) is 0 Å². The number of alkyl halides is 3. The molecule has 2 nitrogen and oxygen atoms in total. The van der Waals surface area contributed by atoms with Crippen molar-refractivity contribution in [2.75, 3.05) is 6.61 Å².